The summed E-state index contributed by atoms with van der Waals surface area (Å²) < 4.78 is 3.56. The molecule has 152 valence electrons. The summed E-state index contributed by atoms with van der Waals surface area (Å²) in [5.41, 5.74) is 4.11. The molecular weight excluding hydrogens is 400 g/mol. The molecule has 0 saturated heterocycles. The van der Waals surface area contributed by atoms with Gasteiger partial charge in [0.25, 0.3) is 5.91 Å². The number of carbonyl (C=O) groups excluding carboxylic acids is 1. The third kappa shape index (κ3) is 4.41. The van der Waals surface area contributed by atoms with E-state index in [4.69, 9.17) is 11.6 Å². The SMILES string of the molecule is Cc1cc(C)n(-c2ccc(Cl)c(C(=O)NCc3ccc(Cn4cccn4)cc3)n2)n1. The van der Waals surface area contributed by atoms with E-state index >= 15 is 0 Å². The number of hydrogen-bond acceptors (Lipinski definition) is 4. The Labute approximate surface area is 179 Å². The largest absolute Gasteiger partial charge is 0.347 e. The van der Waals surface area contributed by atoms with Gasteiger partial charge in [-0.25, -0.2) is 9.67 Å². The van der Waals surface area contributed by atoms with Gasteiger partial charge in [0.15, 0.2) is 5.82 Å². The number of amides is 1. The summed E-state index contributed by atoms with van der Waals surface area (Å²) in [5, 5.41) is 11.8. The van der Waals surface area contributed by atoms with Crippen molar-refractivity contribution in [3.8, 4) is 5.82 Å². The molecule has 0 fully saturated rings. The first-order valence-corrected chi connectivity index (χ1v) is 9.91. The van der Waals surface area contributed by atoms with Crippen molar-refractivity contribution in [1.82, 2.24) is 29.9 Å². The molecule has 30 heavy (non-hydrogen) atoms. The van der Waals surface area contributed by atoms with Crippen LogP contribution in [0.25, 0.3) is 5.82 Å². The van der Waals surface area contributed by atoms with E-state index in [1.165, 1.54) is 0 Å². The standard InChI is InChI=1S/C22H21ClN6O/c1-15-12-16(2)29(27-15)20-9-8-19(23)21(26-20)22(30)24-13-17-4-6-18(7-5-17)14-28-11-3-10-25-28/h3-12H,13-14H2,1-2H3,(H,24,30). The fourth-order valence-electron chi connectivity index (χ4n) is 3.18. The number of hydrogen-bond donors (Lipinski definition) is 1. The minimum Gasteiger partial charge on any atom is -0.347 e. The van der Waals surface area contributed by atoms with E-state index in [0.717, 1.165) is 22.5 Å². The fourth-order valence-corrected chi connectivity index (χ4v) is 3.37. The highest BCUT2D eigenvalue weighted by Crippen LogP contribution is 2.18. The monoisotopic (exact) mass is 420 g/mol. The van der Waals surface area contributed by atoms with Gasteiger partial charge in [-0.1, -0.05) is 35.9 Å². The van der Waals surface area contributed by atoms with E-state index in [1.807, 2.05) is 61.1 Å². The molecule has 1 amide bonds. The van der Waals surface area contributed by atoms with E-state index < -0.39 is 0 Å². The lowest BCUT2D eigenvalue weighted by Gasteiger charge is -2.10. The van der Waals surface area contributed by atoms with Crippen molar-refractivity contribution >= 4 is 17.5 Å². The molecule has 1 aromatic carbocycles. The number of aromatic nitrogens is 5. The maximum atomic E-state index is 12.7. The molecule has 0 spiro atoms. The Kier molecular flexibility index (Phi) is 5.63. The number of aryl methyl sites for hydroxylation is 2. The normalized spacial score (nSPS) is 10.9. The summed E-state index contributed by atoms with van der Waals surface area (Å²) in [5.74, 6) is 0.224. The van der Waals surface area contributed by atoms with Crippen LogP contribution >= 0.6 is 11.6 Å². The molecule has 0 aliphatic heterocycles. The third-order valence-electron chi connectivity index (χ3n) is 4.65. The number of nitrogens with zero attached hydrogens (tertiary/aromatic N) is 5. The Hall–Kier alpha value is -3.45. The molecule has 0 aliphatic carbocycles. The minimum absolute atomic E-state index is 0.178. The van der Waals surface area contributed by atoms with E-state index in [0.29, 0.717) is 23.9 Å². The second-order valence-corrected chi connectivity index (χ2v) is 7.45. The number of halogens is 1. The van der Waals surface area contributed by atoms with Crippen molar-refractivity contribution in [1.29, 1.82) is 0 Å². The molecule has 8 heteroatoms. The van der Waals surface area contributed by atoms with Gasteiger partial charge in [0.05, 0.1) is 17.3 Å². The summed E-state index contributed by atoms with van der Waals surface area (Å²) in [6.45, 7) is 4.93. The number of carbonyl (C=O) groups is 1. The van der Waals surface area contributed by atoms with Crippen LogP contribution in [-0.4, -0.2) is 30.5 Å². The summed E-state index contributed by atoms with van der Waals surface area (Å²) in [4.78, 5) is 17.1. The zero-order chi connectivity index (χ0) is 21.1. The lowest BCUT2D eigenvalue weighted by atomic mass is 10.1. The Morgan fingerprint density at radius 2 is 1.87 bits per heavy atom. The Balaban J connectivity index is 1.44. The van der Waals surface area contributed by atoms with Crippen molar-refractivity contribution in [3.05, 3.63) is 94.2 Å². The van der Waals surface area contributed by atoms with Crippen LogP contribution in [0, 0.1) is 13.8 Å². The molecule has 0 atom stereocenters. The van der Waals surface area contributed by atoms with Crippen LogP contribution in [0.1, 0.15) is 33.0 Å². The number of benzene rings is 1. The first-order valence-electron chi connectivity index (χ1n) is 9.53. The highest BCUT2D eigenvalue weighted by molar-refractivity contribution is 6.33. The second kappa shape index (κ2) is 8.51. The summed E-state index contributed by atoms with van der Waals surface area (Å²) in [6.07, 6.45) is 3.68. The van der Waals surface area contributed by atoms with E-state index in [2.05, 4.69) is 20.5 Å². The summed E-state index contributed by atoms with van der Waals surface area (Å²) in [7, 11) is 0. The van der Waals surface area contributed by atoms with Crippen molar-refractivity contribution in [2.75, 3.05) is 0 Å². The molecule has 0 saturated carbocycles. The number of rotatable bonds is 6. The first-order chi connectivity index (χ1) is 14.5. The van der Waals surface area contributed by atoms with Crippen LogP contribution in [0.2, 0.25) is 5.02 Å². The predicted octanol–water partition coefficient (Wildman–Crippen LogP) is 3.71. The van der Waals surface area contributed by atoms with Crippen LogP contribution in [-0.2, 0) is 13.1 Å². The lowest BCUT2D eigenvalue weighted by molar-refractivity contribution is 0.0946. The molecular formula is C22H21ClN6O. The molecule has 0 unspecified atom stereocenters. The van der Waals surface area contributed by atoms with Gasteiger partial charge >= 0.3 is 0 Å². The van der Waals surface area contributed by atoms with Gasteiger partial charge in [-0.3, -0.25) is 9.48 Å². The zero-order valence-electron chi connectivity index (χ0n) is 16.7. The van der Waals surface area contributed by atoms with Gasteiger partial charge in [-0.05, 0) is 49.2 Å². The van der Waals surface area contributed by atoms with Gasteiger partial charge in [-0.15, -0.1) is 0 Å². The lowest BCUT2D eigenvalue weighted by Crippen LogP contribution is -2.24. The number of pyridine rings is 1. The van der Waals surface area contributed by atoms with E-state index in [1.54, 1.807) is 23.0 Å². The Morgan fingerprint density at radius 3 is 2.53 bits per heavy atom. The van der Waals surface area contributed by atoms with Crippen LogP contribution in [0.5, 0.6) is 0 Å². The van der Waals surface area contributed by atoms with Gasteiger partial charge in [0.2, 0.25) is 0 Å². The van der Waals surface area contributed by atoms with Crippen molar-refractivity contribution in [2.45, 2.75) is 26.9 Å². The van der Waals surface area contributed by atoms with E-state index in [9.17, 15) is 4.79 Å². The van der Waals surface area contributed by atoms with Gasteiger partial charge in [0.1, 0.15) is 5.69 Å². The van der Waals surface area contributed by atoms with E-state index in [-0.39, 0.29) is 11.6 Å². The smallest absolute Gasteiger partial charge is 0.271 e. The second-order valence-electron chi connectivity index (χ2n) is 7.04. The molecule has 0 aliphatic rings. The maximum absolute atomic E-state index is 12.7. The maximum Gasteiger partial charge on any atom is 0.271 e. The van der Waals surface area contributed by atoms with Crippen LogP contribution < -0.4 is 5.32 Å². The molecule has 4 rings (SSSR count). The molecule has 3 aromatic heterocycles. The van der Waals surface area contributed by atoms with Crippen LogP contribution in [0.4, 0.5) is 0 Å². The minimum atomic E-state index is -0.330. The fraction of sp³-hybridized carbons (Fsp3) is 0.182. The van der Waals surface area contributed by atoms with Crippen LogP contribution in [0.3, 0.4) is 0 Å². The van der Waals surface area contributed by atoms with Gasteiger partial charge < -0.3 is 5.32 Å². The molecule has 1 N–H and O–H groups in total. The Morgan fingerprint density at radius 1 is 1.10 bits per heavy atom. The topological polar surface area (TPSA) is 77.6 Å². The number of nitrogens with one attached hydrogen (secondary N) is 1. The highest BCUT2D eigenvalue weighted by atomic mass is 35.5. The molecule has 0 bridgehead atoms. The highest BCUT2D eigenvalue weighted by Gasteiger charge is 2.15. The van der Waals surface area contributed by atoms with Crippen molar-refractivity contribution < 1.29 is 4.79 Å². The summed E-state index contributed by atoms with van der Waals surface area (Å²) >= 11 is 6.23. The average molecular weight is 421 g/mol. The Bertz CT molecular complexity index is 1170. The first kappa shape index (κ1) is 19.8. The molecule has 3 heterocycles. The van der Waals surface area contributed by atoms with Gasteiger partial charge in [0, 0.05) is 24.6 Å². The average Bonchev–Trinajstić information content (AvgIpc) is 3.36. The molecule has 7 nitrogen and oxygen atoms in total. The van der Waals surface area contributed by atoms with Crippen molar-refractivity contribution in [3.63, 3.8) is 0 Å². The summed E-state index contributed by atoms with van der Waals surface area (Å²) in [6, 6.07) is 15.3. The van der Waals surface area contributed by atoms with Gasteiger partial charge in [-0.2, -0.15) is 10.2 Å². The molecule has 4 aromatic rings. The third-order valence-corrected chi connectivity index (χ3v) is 4.96. The molecule has 0 radical (unpaired) electrons. The predicted molar refractivity (Wildman–Crippen MR) is 115 cm³/mol. The van der Waals surface area contributed by atoms with Crippen molar-refractivity contribution in [2.24, 2.45) is 0 Å². The van der Waals surface area contributed by atoms with Crippen LogP contribution in [0.15, 0.2) is 60.9 Å². The quantitative estimate of drug-likeness (QED) is 0.515. The zero-order valence-corrected chi connectivity index (χ0v) is 17.5.